The molecule has 2 rings (SSSR count). The van der Waals surface area contributed by atoms with Crippen LogP contribution in [0.5, 0.6) is 0 Å². The van der Waals surface area contributed by atoms with Crippen LogP contribution in [0.4, 0.5) is 0 Å². The lowest BCUT2D eigenvalue weighted by atomic mass is 9.89. The average molecular weight is 247 g/mol. The highest BCUT2D eigenvalue weighted by Gasteiger charge is 2.21. The summed E-state index contributed by atoms with van der Waals surface area (Å²) in [7, 11) is 4.27. The highest BCUT2D eigenvalue weighted by atomic mass is 16.5. The van der Waals surface area contributed by atoms with Gasteiger partial charge in [-0.1, -0.05) is 32.0 Å². The quantitative estimate of drug-likeness (QED) is 0.809. The van der Waals surface area contributed by atoms with Gasteiger partial charge in [-0.15, -0.1) is 0 Å². The van der Waals surface area contributed by atoms with Gasteiger partial charge in [-0.3, -0.25) is 0 Å². The van der Waals surface area contributed by atoms with E-state index in [1.807, 2.05) is 0 Å². The van der Waals surface area contributed by atoms with Crippen molar-refractivity contribution in [2.75, 3.05) is 27.3 Å². The van der Waals surface area contributed by atoms with E-state index in [-0.39, 0.29) is 0 Å². The Kier molecular flexibility index (Phi) is 4.41. The second-order valence-electron chi connectivity index (χ2n) is 5.91. The SMILES string of the molecule is CC(C)c1ccc([C@H]2CCOC2)c(CN(C)C)c1. The molecule has 2 nitrogen and oxygen atoms in total. The van der Waals surface area contributed by atoms with E-state index in [9.17, 15) is 0 Å². The van der Waals surface area contributed by atoms with E-state index in [1.165, 1.54) is 23.1 Å². The molecule has 0 unspecified atom stereocenters. The molecule has 0 bridgehead atoms. The minimum absolute atomic E-state index is 0.597. The van der Waals surface area contributed by atoms with Crippen LogP contribution >= 0.6 is 0 Å². The van der Waals surface area contributed by atoms with Gasteiger partial charge in [0.2, 0.25) is 0 Å². The van der Waals surface area contributed by atoms with Crippen LogP contribution in [0.2, 0.25) is 0 Å². The third-order valence-electron chi connectivity index (χ3n) is 3.69. The molecule has 0 spiro atoms. The molecule has 0 radical (unpaired) electrons. The molecule has 2 heteroatoms. The summed E-state index contributed by atoms with van der Waals surface area (Å²) in [6, 6.07) is 7.00. The van der Waals surface area contributed by atoms with Gasteiger partial charge in [-0.05, 0) is 43.1 Å². The summed E-state index contributed by atoms with van der Waals surface area (Å²) >= 11 is 0. The molecular weight excluding hydrogens is 222 g/mol. The Bertz CT molecular complexity index is 392. The monoisotopic (exact) mass is 247 g/mol. The van der Waals surface area contributed by atoms with Crippen molar-refractivity contribution in [3.8, 4) is 0 Å². The zero-order chi connectivity index (χ0) is 13.1. The van der Waals surface area contributed by atoms with Crippen LogP contribution in [0.25, 0.3) is 0 Å². The normalized spacial score (nSPS) is 20.0. The molecule has 1 fully saturated rings. The lowest BCUT2D eigenvalue weighted by molar-refractivity contribution is 0.193. The summed E-state index contributed by atoms with van der Waals surface area (Å²) < 4.78 is 5.54. The first-order valence-corrected chi connectivity index (χ1v) is 6.93. The van der Waals surface area contributed by atoms with Crippen molar-refractivity contribution in [3.05, 3.63) is 34.9 Å². The molecule has 0 aliphatic carbocycles. The molecule has 0 amide bonds. The Labute approximate surface area is 111 Å². The second kappa shape index (κ2) is 5.85. The Balaban J connectivity index is 2.31. The first-order valence-electron chi connectivity index (χ1n) is 6.93. The number of nitrogens with zero attached hydrogens (tertiary/aromatic N) is 1. The fourth-order valence-corrected chi connectivity index (χ4v) is 2.64. The molecule has 1 saturated heterocycles. The van der Waals surface area contributed by atoms with Crippen LogP contribution in [0.1, 0.15) is 48.8 Å². The van der Waals surface area contributed by atoms with E-state index in [0.717, 1.165) is 19.8 Å². The van der Waals surface area contributed by atoms with Gasteiger partial charge in [0.25, 0.3) is 0 Å². The maximum absolute atomic E-state index is 5.54. The topological polar surface area (TPSA) is 12.5 Å². The van der Waals surface area contributed by atoms with Crippen molar-refractivity contribution in [2.24, 2.45) is 0 Å². The Morgan fingerprint density at radius 2 is 2.11 bits per heavy atom. The molecule has 0 aromatic heterocycles. The Hall–Kier alpha value is -0.860. The predicted molar refractivity (Wildman–Crippen MR) is 76.1 cm³/mol. The van der Waals surface area contributed by atoms with Crippen molar-refractivity contribution < 1.29 is 4.74 Å². The van der Waals surface area contributed by atoms with Crippen molar-refractivity contribution in [1.29, 1.82) is 0 Å². The van der Waals surface area contributed by atoms with E-state index in [1.54, 1.807) is 0 Å². The molecule has 1 aromatic carbocycles. The number of hydrogen-bond acceptors (Lipinski definition) is 2. The molecule has 0 saturated carbocycles. The highest BCUT2D eigenvalue weighted by molar-refractivity contribution is 5.36. The minimum Gasteiger partial charge on any atom is -0.381 e. The van der Waals surface area contributed by atoms with Gasteiger partial charge in [0.1, 0.15) is 0 Å². The van der Waals surface area contributed by atoms with Crippen LogP contribution in [-0.2, 0) is 11.3 Å². The zero-order valence-corrected chi connectivity index (χ0v) is 12.1. The van der Waals surface area contributed by atoms with Crippen molar-refractivity contribution in [2.45, 2.75) is 38.6 Å². The van der Waals surface area contributed by atoms with Crippen LogP contribution in [0, 0.1) is 0 Å². The summed E-state index contributed by atoms with van der Waals surface area (Å²) in [6.07, 6.45) is 1.17. The smallest absolute Gasteiger partial charge is 0.0535 e. The molecule has 0 N–H and O–H groups in total. The molecule has 100 valence electrons. The van der Waals surface area contributed by atoms with Crippen molar-refractivity contribution in [3.63, 3.8) is 0 Å². The maximum Gasteiger partial charge on any atom is 0.0535 e. The summed E-state index contributed by atoms with van der Waals surface area (Å²) in [4.78, 5) is 2.25. The van der Waals surface area contributed by atoms with Gasteiger partial charge in [-0.25, -0.2) is 0 Å². The van der Waals surface area contributed by atoms with Crippen molar-refractivity contribution >= 4 is 0 Å². The molecule has 1 atom stereocenters. The Morgan fingerprint density at radius 1 is 1.33 bits per heavy atom. The fraction of sp³-hybridized carbons (Fsp3) is 0.625. The van der Waals surface area contributed by atoms with Crippen LogP contribution in [-0.4, -0.2) is 32.2 Å². The molecule has 18 heavy (non-hydrogen) atoms. The van der Waals surface area contributed by atoms with Crippen LogP contribution in [0.3, 0.4) is 0 Å². The van der Waals surface area contributed by atoms with Crippen LogP contribution < -0.4 is 0 Å². The first kappa shape index (κ1) is 13.6. The first-order chi connectivity index (χ1) is 8.58. The van der Waals surface area contributed by atoms with Gasteiger partial charge in [0.15, 0.2) is 0 Å². The third-order valence-corrected chi connectivity index (χ3v) is 3.69. The second-order valence-corrected chi connectivity index (χ2v) is 5.91. The number of ether oxygens (including phenoxy) is 1. The van der Waals surface area contributed by atoms with E-state index in [4.69, 9.17) is 4.74 Å². The molecule has 1 heterocycles. The standard InChI is InChI=1S/C16H25NO/c1-12(2)13-5-6-16(14-7-8-18-11-14)15(9-13)10-17(3)4/h5-6,9,12,14H,7-8,10-11H2,1-4H3/t14-/m0/s1. The summed E-state index contributed by atoms with van der Waals surface area (Å²) in [5.74, 6) is 1.20. The minimum atomic E-state index is 0.597. The number of benzene rings is 1. The molecular formula is C16H25NO. The number of rotatable bonds is 4. The lowest BCUT2D eigenvalue weighted by Gasteiger charge is -2.20. The van der Waals surface area contributed by atoms with Crippen LogP contribution in [0.15, 0.2) is 18.2 Å². The molecule has 1 aliphatic rings. The predicted octanol–water partition coefficient (Wildman–Crippen LogP) is 3.38. The molecule has 1 aromatic rings. The van der Waals surface area contributed by atoms with Gasteiger partial charge >= 0.3 is 0 Å². The zero-order valence-electron chi connectivity index (χ0n) is 12.1. The summed E-state index contributed by atoms with van der Waals surface area (Å²) in [6.45, 7) is 7.34. The third kappa shape index (κ3) is 3.12. The van der Waals surface area contributed by atoms with Gasteiger partial charge in [0, 0.05) is 19.1 Å². The Morgan fingerprint density at radius 3 is 2.67 bits per heavy atom. The van der Waals surface area contributed by atoms with Crippen molar-refractivity contribution in [1.82, 2.24) is 4.90 Å². The fourth-order valence-electron chi connectivity index (χ4n) is 2.64. The number of hydrogen-bond donors (Lipinski definition) is 0. The van der Waals surface area contributed by atoms with E-state index in [2.05, 4.69) is 51.0 Å². The average Bonchev–Trinajstić information content (AvgIpc) is 2.81. The largest absolute Gasteiger partial charge is 0.381 e. The summed E-state index contributed by atoms with van der Waals surface area (Å²) in [5.41, 5.74) is 4.40. The van der Waals surface area contributed by atoms with E-state index >= 15 is 0 Å². The van der Waals surface area contributed by atoms with E-state index < -0.39 is 0 Å². The van der Waals surface area contributed by atoms with Gasteiger partial charge in [-0.2, -0.15) is 0 Å². The molecule has 1 aliphatic heterocycles. The van der Waals surface area contributed by atoms with E-state index in [0.29, 0.717) is 11.8 Å². The van der Waals surface area contributed by atoms with Gasteiger partial charge in [0.05, 0.1) is 6.61 Å². The van der Waals surface area contributed by atoms with Gasteiger partial charge < -0.3 is 9.64 Å². The highest BCUT2D eigenvalue weighted by Crippen LogP contribution is 2.30. The lowest BCUT2D eigenvalue weighted by Crippen LogP contribution is -2.14. The summed E-state index contributed by atoms with van der Waals surface area (Å²) in [5, 5.41) is 0. The maximum atomic E-state index is 5.54.